The predicted octanol–water partition coefficient (Wildman–Crippen LogP) is 2.85. The first-order chi connectivity index (χ1) is 10.0. The summed E-state index contributed by atoms with van der Waals surface area (Å²) in [5.74, 6) is -0.195. The second-order valence-corrected chi connectivity index (χ2v) is 4.72. The van der Waals surface area contributed by atoms with Crippen LogP contribution in [-0.2, 0) is 4.74 Å². The molecule has 1 aliphatic heterocycles. The van der Waals surface area contributed by atoms with Crippen LogP contribution in [0, 0.1) is 0 Å². The van der Waals surface area contributed by atoms with Crippen molar-refractivity contribution >= 4 is 28.4 Å². The third-order valence-corrected chi connectivity index (χ3v) is 2.94. The lowest BCUT2D eigenvalue weighted by atomic mass is 10.3. The van der Waals surface area contributed by atoms with Gasteiger partial charge in [0.1, 0.15) is 10.7 Å². The van der Waals surface area contributed by atoms with E-state index >= 15 is 0 Å². The van der Waals surface area contributed by atoms with Crippen LogP contribution in [0.15, 0.2) is 29.4 Å². The van der Waals surface area contributed by atoms with Gasteiger partial charge in [-0.15, -0.1) is 0 Å². The lowest BCUT2D eigenvalue weighted by Gasteiger charge is -2.15. The van der Waals surface area contributed by atoms with Crippen molar-refractivity contribution in [1.29, 1.82) is 0 Å². The van der Waals surface area contributed by atoms with Crippen molar-refractivity contribution in [1.82, 2.24) is 9.78 Å². The number of rotatable bonds is 2. The van der Waals surface area contributed by atoms with Crippen LogP contribution in [0.4, 0.5) is 0 Å². The number of halogens is 1. The first kappa shape index (κ1) is 15.3. The number of ether oxygens (including phenoxy) is 2. The molecule has 0 radical (unpaired) electrons. The molecule has 112 valence electrons. The molecule has 0 N–H and O–H groups in total. The molecule has 0 saturated carbocycles. The maximum atomic E-state index is 12.0. The summed E-state index contributed by atoms with van der Waals surface area (Å²) in [7, 11) is 0. The van der Waals surface area contributed by atoms with Crippen molar-refractivity contribution in [3.63, 3.8) is 0 Å². The molecule has 0 spiro atoms. The van der Waals surface area contributed by atoms with Gasteiger partial charge in [-0.25, -0.2) is 14.5 Å². The molecule has 0 bridgehead atoms. The molecule has 2 rings (SSSR count). The Morgan fingerprint density at radius 2 is 2.33 bits per heavy atom. The van der Waals surface area contributed by atoms with Gasteiger partial charge >= 0.3 is 5.97 Å². The Morgan fingerprint density at radius 1 is 1.57 bits per heavy atom. The summed E-state index contributed by atoms with van der Waals surface area (Å²) in [4.78, 5) is 16.1. The summed E-state index contributed by atoms with van der Waals surface area (Å²) in [6.07, 6.45) is 6.07. The van der Waals surface area contributed by atoms with Crippen LogP contribution in [0.3, 0.4) is 0 Å². The molecule has 1 unspecified atom stereocenters. The zero-order valence-corrected chi connectivity index (χ0v) is 12.8. The number of carbonyl (C=O) groups excluding carboxylic acids is 1. The molecule has 0 saturated heterocycles. The number of allylic oxidation sites excluding steroid dienone is 4. The molecular formula is C14H16ClN3O3. The predicted molar refractivity (Wildman–Crippen MR) is 80.6 cm³/mol. The Labute approximate surface area is 127 Å². The van der Waals surface area contributed by atoms with Crippen LogP contribution in [0.5, 0.6) is 5.88 Å². The third-order valence-electron chi connectivity index (χ3n) is 2.71. The normalized spacial score (nSPS) is 19.7. The Balaban J connectivity index is 2.49. The molecule has 0 amide bonds. The summed E-state index contributed by atoms with van der Waals surface area (Å²) in [6, 6.07) is 0. The van der Waals surface area contributed by atoms with Gasteiger partial charge in [-0.2, -0.15) is 5.10 Å². The second kappa shape index (κ2) is 6.58. The Kier molecular flexibility index (Phi) is 4.80. The van der Waals surface area contributed by atoms with Crippen molar-refractivity contribution < 1.29 is 14.3 Å². The number of aliphatic imine (C=N–C) groups is 1. The first-order valence-electron chi connectivity index (χ1n) is 6.53. The number of hydrogen-bond donors (Lipinski definition) is 0. The molecule has 21 heavy (non-hydrogen) atoms. The van der Waals surface area contributed by atoms with E-state index in [-0.39, 0.29) is 12.2 Å². The van der Waals surface area contributed by atoms with E-state index in [0.29, 0.717) is 11.1 Å². The van der Waals surface area contributed by atoms with Crippen LogP contribution in [0.1, 0.15) is 31.1 Å². The van der Waals surface area contributed by atoms with Gasteiger partial charge in [-0.05, 0) is 32.9 Å². The summed E-state index contributed by atoms with van der Waals surface area (Å²) in [6.45, 7) is 5.59. The van der Waals surface area contributed by atoms with Gasteiger partial charge in [0.25, 0.3) is 0 Å². The zero-order valence-electron chi connectivity index (χ0n) is 12.0. The van der Waals surface area contributed by atoms with Gasteiger partial charge in [-0.1, -0.05) is 17.7 Å². The quantitative estimate of drug-likeness (QED) is 0.788. The van der Waals surface area contributed by atoms with Crippen LogP contribution in [0.25, 0.3) is 5.70 Å². The van der Waals surface area contributed by atoms with Gasteiger partial charge < -0.3 is 9.47 Å². The number of aromatic nitrogens is 2. The lowest BCUT2D eigenvalue weighted by molar-refractivity contribution is 0.0519. The lowest BCUT2D eigenvalue weighted by Crippen LogP contribution is -2.16. The van der Waals surface area contributed by atoms with Crippen molar-refractivity contribution in [3.05, 3.63) is 30.0 Å². The SMILES string of the molecule is CCOC(=O)c1cnn2c1OC(C)N=C(Cl)/C=C\C=C2C. The molecule has 0 aromatic carbocycles. The molecule has 1 aromatic heterocycles. The fourth-order valence-corrected chi connectivity index (χ4v) is 2.00. The number of esters is 1. The maximum Gasteiger partial charge on any atom is 0.345 e. The smallest absolute Gasteiger partial charge is 0.345 e. The highest BCUT2D eigenvalue weighted by atomic mass is 35.5. The van der Waals surface area contributed by atoms with E-state index in [2.05, 4.69) is 10.1 Å². The van der Waals surface area contributed by atoms with Crippen molar-refractivity contribution in [2.24, 2.45) is 4.99 Å². The first-order valence-corrected chi connectivity index (χ1v) is 6.91. The molecule has 1 aliphatic rings. The van der Waals surface area contributed by atoms with Gasteiger partial charge in [-0.3, -0.25) is 0 Å². The van der Waals surface area contributed by atoms with Crippen LogP contribution in [0.2, 0.25) is 0 Å². The Hall–Kier alpha value is -2.08. The fourth-order valence-electron chi connectivity index (χ4n) is 1.79. The van der Waals surface area contributed by atoms with Crippen molar-refractivity contribution in [2.45, 2.75) is 27.0 Å². The zero-order chi connectivity index (χ0) is 15.4. The van der Waals surface area contributed by atoms with Crippen molar-refractivity contribution in [3.8, 4) is 5.88 Å². The standard InChI is InChI=1S/C14H16ClN3O3/c1-4-20-14(19)11-8-16-18-9(2)6-5-7-12(15)17-10(3)21-13(11)18/h5-8,10H,4H2,1-3H3/b7-5-,9-6?,17-12?. The molecule has 6 nitrogen and oxygen atoms in total. The van der Waals surface area contributed by atoms with E-state index in [9.17, 15) is 4.79 Å². The molecule has 0 fully saturated rings. The monoisotopic (exact) mass is 309 g/mol. The Bertz CT molecular complexity index is 631. The summed E-state index contributed by atoms with van der Waals surface area (Å²) >= 11 is 5.95. The summed E-state index contributed by atoms with van der Waals surface area (Å²) in [5, 5.41) is 4.49. The largest absolute Gasteiger partial charge is 0.462 e. The summed E-state index contributed by atoms with van der Waals surface area (Å²) < 4.78 is 12.2. The molecule has 0 aliphatic carbocycles. The van der Waals surface area contributed by atoms with E-state index in [1.54, 1.807) is 32.1 Å². The minimum Gasteiger partial charge on any atom is -0.462 e. The highest BCUT2D eigenvalue weighted by molar-refractivity contribution is 6.68. The highest BCUT2D eigenvalue weighted by Crippen LogP contribution is 2.25. The van der Waals surface area contributed by atoms with E-state index in [1.807, 2.05) is 6.92 Å². The Morgan fingerprint density at radius 3 is 3.05 bits per heavy atom. The average molecular weight is 310 g/mol. The number of hydrogen-bond acceptors (Lipinski definition) is 5. The molecule has 7 heteroatoms. The third kappa shape index (κ3) is 3.52. The molecule has 2 heterocycles. The van der Waals surface area contributed by atoms with Crippen molar-refractivity contribution in [2.75, 3.05) is 6.61 Å². The molecule has 1 aromatic rings. The fraction of sp³-hybridized carbons (Fsp3) is 0.357. The highest BCUT2D eigenvalue weighted by Gasteiger charge is 2.22. The summed E-state index contributed by atoms with van der Waals surface area (Å²) in [5.41, 5.74) is 1.03. The van der Waals surface area contributed by atoms with Crippen LogP contribution >= 0.6 is 11.6 Å². The minimum atomic E-state index is -0.559. The minimum absolute atomic E-state index is 0.257. The van der Waals surface area contributed by atoms with Gasteiger partial charge in [0, 0.05) is 5.70 Å². The van der Waals surface area contributed by atoms with E-state index in [0.717, 1.165) is 5.70 Å². The van der Waals surface area contributed by atoms with Gasteiger partial charge in [0.05, 0.1) is 12.8 Å². The van der Waals surface area contributed by atoms with E-state index in [4.69, 9.17) is 21.1 Å². The molecule has 1 atom stereocenters. The second-order valence-electron chi connectivity index (χ2n) is 4.33. The topological polar surface area (TPSA) is 65.7 Å². The maximum absolute atomic E-state index is 12.0. The van der Waals surface area contributed by atoms with Crippen LogP contribution < -0.4 is 4.74 Å². The average Bonchev–Trinajstić information content (AvgIpc) is 2.81. The van der Waals surface area contributed by atoms with E-state index < -0.39 is 12.2 Å². The van der Waals surface area contributed by atoms with E-state index in [1.165, 1.54) is 10.9 Å². The number of fused-ring (bicyclic) bond motifs is 1. The molecular weight excluding hydrogens is 294 g/mol. The number of nitrogens with zero attached hydrogens (tertiary/aromatic N) is 3. The van der Waals surface area contributed by atoms with Crippen LogP contribution in [-0.4, -0.2) is 33.8 Å². The van der Waals surface area contributed by atoms with Gasteiger partial charge in [0.15, 0.2) is 6.23 Å². The number of carbonyl (C=O) groups is 1. The van der Waals surface area contributed by atoms with Gasteiger partial charge in [0.2, 0.25) is 5.88 Å².